The predicted octanol–water partition coefficient (Wildman–Crippen LogP) is 2.40. The third-order valence-electron chi connectivity index (χ3n) is 5.09. The second-order valence-electron chi connectivity index (χ2n) is 7.50. The highest BCUT2D eigenvalue weighted by atomic mass is 32.2. The molecule has 0 bridgehead atoms. The predicted molar refractivity (Wildman–Crippen MR) is 110 cm³/mol. The van der Waals surface area contributed by atoms with E-state index in [1.807, 2.05) is 18.7 Å². The molecule has 152 valence electrons. The van der Waals surface area contributed by atoms with Crippen LogP contribution in [0.15, 0.2) is 34.2 Å². The van der Waals surface area contributed by atoms with Gasteiger partial charge in [0.05, 0.1) is 7.11 Å². The molecule has 28 heavy (non-hydrogen) atoms. The molecule has 2 aliphatic heterocycles. The molecule has 0 radical (unpaired) electrons. The zero-order valence-corrected chi connectivity index (χ0v) is 17.5. The van der Waals surface area contributed by atoms with Gasteiger partial charge >= 0.3 is 0 Å². The lowest BCUT2D eigenvalue weighted by molar-refractivity contribution is -0.126. The van der Waals surface area contributed by atoms with Crippen LogP contribution in [0.1, 0.15) is 39.2 Å². The first kappa shape index (κ1) is 20.4. The van der Waals surface area contributed by atoms with Crippen LogP contribution in [0.5, 0.6) is 5.75 Å². The molecule has 1 aromatic carbocycles. The van der Waals surface area contributed by atoms with Gasteiger partial charge in [-0.1, -0.05) is 0 Å². The SMILES string of the molecule is COc1ccc(C2=C(C)C(N3CCC(C(=O)NC(C)C)CC3)=NS2(=O)=O)cc1. The minimum atomic E-state index is -3.75. The largest absolute Gasteiger partial charge is 0.497 e. The first-order valence-electron chi connectivity index (χ1n) is 9.49. The van der Waals surface area contributed by atoms with E-state index in [1.165, 1.54) is 0 Å². The van der Waals surface area contributed by atoms with Crippen LogP contribution in [-0.2, 0) is 14.8 Å². The Balaban J connectivity index is 1.78. The molecule has 0 atom stereocenters. The summed E-state index contributed by atoms with van der Waals surface area (Å²) >= 11 is 0. The average molecular weight is 406 g/mol. The number of carbonyl (C=O) groups excluding carboxylic acids is 1. The van der Waals surface area contributed by atoms with E-state index in [-0.39, 0.29) is 22.8 Å². The average Bonchev–Trinajstić information content (AvgIpc) is 2.90. The number of rotatable bonds is 4. The third kappa shape index (κ3) is 4.06. The van der Waals surface area contributed by atoms with Gasteiger partial charge in [0.2, 0.25) is 5.91 Å². The number of nitrogens with zero attached hydrogens (tertiary/aromatic N) is 2. The number of likely N-dealkylation sites (tertiary alicyclic amines) is 1. The van der Waals surface area contributed by atoms with Gasteiger partial charge in [0, 0.05) is 30.6 Å². The molecule has 1 fully saturated rings. The Labute approximate surface area is 166 Å². The number of piperidine rings is 1. The molecule has 2 aliphatic rings. The van der Waals surface area contributed by atoms with Crippen LogP contribution < -0.4 is 10.1 Å². The van der Waals surface area contributed by atoms with Crippen molar-refractivity contribution in [2.24, 2.45) is 10.3 Å². The molecule has 1 N–H and O–H groups in total. The van der Waals surface area contributed by atoms with Crippen LogP contribution in [0, 0.1) is 5.92 Å². The number of carbonyl (C=O) groups is 1. The summed E-state index contributed by atoms with van der Waals surface area (Å²) in [6, 6.07) is 7.06. The van der Waals surface area contributed by atoms with Crippen molar-refractivity contribution in [2.45, 2.75) is 39.7 Å². The zero-order chi connectivity index (χ0) is 20.5. The number of hydrogen-bond donors (Lipinski definition) is 1. The Hall–Kier alpha value is -2.35. The van der Waals surface area contributed by atoms with Crippen molar-refractivity contribution < 1.29 is 17.9 Å². The fraction of sp³-hybridized carbons (Fsp3) is 0.500. The molecule has 0 unspecified atom stereocenters. The number of methoxy groups -OCH3 is 1. The van der Waals surface area contributed by atoms with Gasteiger partial charge < -0.3 is 15.0 Å². The van der Waals surface area contributed by atoms with Gasteiger partial charge in [-0.15, -0.1) is 4.40 Å². The highest BCUT2D eigenvalue weighted by Crippen LogP contribution is 2.35. The topological polar surface area (TPSA) is 88.1 Å². The van der Waals surface area contributed by atoms with Gasteiger partial charge in [-0.25, -0.2) is 0 Å². The van der Waals surface area contributed by atoms with E-state index in [2.05, 4.69) is 9.71 Å². The molecule has 1 saturated heterocycles. The minimum absolute atomic E-state index is 0.0393. The van der Waals surface area contributed by atoms with Gasteiger partial charge in [0.25, 0.3) is 10.0 Å². The minimum Gasteiger partial charge on any atom is -0.497 e. The van der Waals surface area contributed by atoms with Gasteiger partial charge in [0.1, 0.15) is 16.5 Å². The number of benzene rings is 1. The van der Waals surface area contributed by atoms with E-state index in [9.17, 15) is 13.2 Å². The van der Waals surface area contributed by atoms with Gasteiger partial charge in [-0.05, 0) is 63.4 Å². The highest BCUT2D eigenvalue weighted by molar-refractivity contribution is 8.00. The summed E-state index contributed by atoms with van der Waals surface area (Å²) in [7, 11) is -2.18. The number of amides is 1. The van der Waals surface area contributed by atoms with E-state index >= 15 is 0 Å². The number of hydrogen-bond acceptors (Lipinski definition) is 5. The molecule has 7 nitrogen and oxygen atoms in total. The van der Waals surface area contributed by atoms with E-state index < -0.39 is 10.0 Å². The molecule has 1 amide bonds. The van der Waals surface area contributed by atoms with Crippen molar-refractivity contribution in [3.63, 3.8) is 0 Å². The van der Waals surface area contributed by atoms with E-state index in [0.717, 1.165) is 0 Å². The third-order valence-corrected chi connectivity index (χ3v) is 6.56. The summed E-state index contributed by atoms with van der Waals surface area (Å²) in [5.74, 6) is 1.19. The summed E-state index contributed by atoms with van der Waals surface area (Å²) in [4.78, 5) is 14.4. The number of ether oxygens (including phenoxy) is 1. The Bertz CT molecular complexity index is 909. The molecule has 1 aromatic rings. The van der Waals surface area contributed by atoms with Crippen LogP contribution in [0.3, 0.4) is 0 Å². The van der Waals surface area contributed by atoms with Crippen molar-refractivity contribution >= 4 is 26.7 Å². The first-order chi connectivity index (χ1) is 13.2. The van der Waals surface area contributed by atoms with Crippen molar-refractivity contribution in [1.29, 1.82) is 0 Å². The maximum absolute atomic E-state index is 12.7. The van der Waals surface area contributed by atoms with Crippen molar-refractivity contribution in [1.82, 2.24) is 10.2 Å². The van der Waals surface area contributed by atoms with E-state index in [0.29, 0.717) is 48.7 Å². The highest BCUT2D eigenvalue weighted by Gasteiger charge is 2.35. The molecule has 8 heteroatoms. The van der Waals surface area contributed by atoms with Crippen LogP contribution in [0.2, 0.25) is 0 Å². The monoisotopic (exact) mass is 405 g/mol. The molecule has 0 saturated carbocycles. The van der Waals surface area contributed by atoms with Crippen molar-refractivity contribution in [3.8, 4) is 5.75 Å². The smallest absolute Gasteiger partial charge is 0.285 e. The summed E-state index contributed by atoms with van der Waals surface area (Å²) in [5, 5.41) is 2.95. The Morgan fingerprint density at radius 3 is 2.36 bits per heavy atom. The Morgan fingerprint density at radius 2 is 1.82 bits per heavy atom. The number of amidine groups is 1. The zero-order valence-electron chi connectivity index (χ0n) is 16.7. The lowest BCUT2D eigenvalue weighted by Crippen LogP contribution is -2.44. The van der Waals surface area contributed by atoms with Crippen LogP contribution in [-0.4, -0.2) is 51.3 Å². The lowest BCUT2D eigenvalue weighted by Gasteiger charge is -2.33. The number of nitrogens with one attached hydrogen (secondary N) is 1. The molecular weight excluding hydrogens is 378 g/mol. The molecule has 0 aliphatic carbocycles. The normalized spacial score (nSPS) is 19.8. The quantitative estimate of drug-likeness (QED) is 0.831. The molecular formula is C20H27N3O4S. The fourth-order valence-corrected chi connectivity index (χ4v) is 5.17. The van der Waals surface area contributed by atoms with Gasteiger partial charge in [-0.3, -0.25) is 4.79 Å². The fourth-order valence-electron chi connectivity index (χ4n) is 3.68. The van der Waals surface area contributed by atoms with Crippen LogP contribution in [0.25, 0.3) is 4.91 Å². The summed E-state index contributed by atoms with van der Waals surface area (Å²) in [6.45, 7) is 6.90. The Kier molecular flexibility index (Phi) is 5.79. The Morgan fingerprint density at radius 1 is 1.21 bits per heavy atom. The summed E-state index contributed by atoms with van der Waals surface area (Å²) in [6.07, 6.45) is 1.37. The second kappa shape index (κ2) is 7.95. The van der Waals surface area contributed by atoms with Crippen LogP contribution in [0.4, 0.5) is 0 Å². The molecule has 3 rings (SSSR count). The van der Waals surface area contributed by atoms with Crippen molar-refractivity contribution in [2.75, 3.05) is 20.2 Å². The number of sulfonamides is 1. The maximum Gasteiger partial charge on any atom is 0.285 e. The van der Waals surface area contributed by atoms with Gasteiger partial charge in [0.15, 0.2) is 0 Å². The molecule has 2 heterocycles. The standard InChI is InChI=1S/C20H27N3O4S/c1-13(2)21-20(24)16-9-11-23(12-10-16)19-14(3)18(28(25,26)22-19)15-5-7-17(27-4)8-6-15/h5-8,13,16H,9-12H2,1-4H3,(H,21,24). The van der Waals surface area contributed by atoms with Gasteiger partial charge in [-0.2, -0.15) is 8.42 Å². The first-order valence-corrected chi connectivity index (χ1v) is 10.9. The molecule has 0 spiro atoms. The summed E-state index contributed by atoms with van der Waals surface area (Å²) in [5.41, 5.74) is 1.25. The van der Waals surface area contributed by atoms with E-state index in [4.69, 9.17) is 4.74 Å². The lowest BCUT2D eigenvalue weighted by atomic mass is 9.95. The maximum atomic E-state index is 12.7. The van der Waals surface area contributed by atoms with Crippen molar-refractivity contribution in [3.05, 3.63) is 35.4 Å². The summed E-state index contributed by atoms with van der Waals surface area (Å²) < 4.78 is 34.6. The van der Waals surface area contributed by atoms with E-state index in [1.54, 1.807) is 38.3 Å². The second-order valence-corrected chi connectivity index (χ2v) is 9.04. The molecule has 0 aromatic heterocycles. The van der Waals surface area contributed by atoms with Crippen LogP contribution >= 0.6 is 0 Å².